The number of nitrogens with one attached hydrogen (secondary N) is 1. The van der Waals surface area contributed by atoms with Crippen molar-refractivity contribution in [3.8, 4) is 11.5 Å². The van der Waals surface area contributed by atoms with E-state index in [1.807, 2.05) is 66.3 Å². The van der Waals surface area contributed by atoms with Crippen LogP contribution in [0.2, 0.25) is 0 Å². The third-order valence-corrected chi connectivity index (χ3v) is 4.83. The molecule has 1 N–H and O–H groups in total. The first-order valence-electron chi connectivity index (χ1n) is 9.39. The zero-order chi connectivity index (χ0) is 20.4. The van der Waals surface area contributed by atoms with Crippen LogP contribution >= 0.6 is 0 Å². The van der Waals surface area contributed by atoms with Crippen LogP contribution in [0.3, 0.4) is 0 Å². The highest BCUT2D eigenvalue weighted by Gasteiger charge is 2.24. The van der Waals surface area contributed by atoms with E-state index < -0.39 is 0 Å². The first kappa shape index (κ1) is 18.7. The molecule has 1 amide bonds. The molecule has 146 valence electrons. The molecule has 0 fully saturated rings. The SMILES string of the molecule is Cc1nn(-c2ccc(F)cc2)c(-n2cccc2)c1C(=O)N[C@@H](C)c1ccccc1. The molecular formula is C23H21FN4O. The van der Waals surface area contributed by atoms with Gasteiger partial charge in [-0.3, -0.25) is 4.79 Å². The summed E-state index contributed by atoms with van der Waals surface area (Å²) in [4.78, 5) is 13.2. The molecule has 0 spiro atoms. The molecule has 2 aromatic heterocycles. The largest absolute Gasteiger partial charge is 0.345 e. The van der Waals surface area contributed by atoms with E-state index in [0.29, 0.717) is 22.8 Å². The van der Waals surface area contributed by atoms with Crippen molar-refractivity contribution < 1.29 is 9.18 Å². The summed E-state index contributed by atoms with van der Waals surface area (Å²) in [7, 11) is 0. The van der Waals surface area contributed by atoms with Gasteiger partial charge >= 0.3 is 0 Å². The molecule has 6 heteroatoms. The zero-order valence-electron chi connectivity index (χ0n) is 16.2. The van der Waals surface area contributed by atoms with Crippen LogP contribution in [0.5, 0.6) is 0 Å². The Labute approximate surface area is 168 Å². The second-order valence-corrected chi connectivity index (χ2v) is 6.87. The van der Waals surface area contributed by atoms with Gasteiger partial charge in [0.1, 0.15) is 11.4 Å². The molecule has 2 heterocycles. The van der Waals surface area contributed by atoms with E-state index in [4.69, 9.17) is 0 Å². The maximum Gasteiger partial charge on any atom is 0.257 e. The highest BCUT2D eigenvalue weighted by Crippen LogP contribution is 2.24. The van der Waals surface area contributed by atoms with Gasteiger partial charge in [0.25, 0.3) is 5.91 Å². The lowest BCUT2D eigenvalue weighted by Gasteiger charge is -2.16. The summed E-state index contributed by atoms with van der Waals surface area (Å²) in [5, 5.41) is 7.64. The van der Waals surface area contributed by atoms with E-state index >= 15 is 0 Å². The molecule has 2 aromatic carbocycles. The summed E-state index contributed by atoms with van der Waals surface area (Å²) in [6.45, 7) is 3.75. The fraction of sp³-hybridized carbons (Fsp3) is 0.130. The third-order valence-electron chi connectivity index (χ3n) is 4.83. The topological polar surface area (TPSA) is 51.9 Å². The van der Waals surface area contributed by atoms with Crippen molar-refractivity contribution in [1.29, 1.82) is 0 Å². The Morgan fingerprint density at radius 1 is 1.00 bits per heavy atom. The Morgan fingerprint density at radius 3 is 2.31 bits per heavy atom. The van der Waals surface area contributed by atoms with Gasteiger partial charge in [-0.2, -0.15) is 5.10 Å². The lowest BCUT2D eigenvalue weighted by Crippen LogP contribution is -2.28. The van der Waals surface area contributed by atoms with E-state index in [1.54, 1.807) is 23.7 Å². The van der Waals surface area contributed by atoms with Crippen molar-refractivity contribution in [2.75, 3.05) is 0 Å². The number of hydrogen-bond donors (Lipinski definition) is 1. The van der Waals surface area contributed by atoms with Crippen molar-refractivity contribution >= 4 is 5.91 Å². The number of rotatable bonds is 5. The minimum atomic E-state index is -0.324. The zero-order valence-corrected chi connectivity index (χ0v) is 16.2. The molecule has 29 heavy (non-hydrogen) atoms. The highest BCUT2D eigenvalue weighted by atomic mass is 19.1. The van der Waals surface area contributed by atoms with Crippen LogP contribution in [0.1, 0.15) is 34.6 Å². The average Bonchev–Trinajstić information content (AvgIpc) is 3.36. The van der Waals surface area contributed by atoms with Gasteiger partial charge in [-0.1, -0.05) is 30.3 Å². The number of halogens is 1. The number of hydrogen-bond acceptors (Lipinski definition) is 2. The van der Waals surface area contributed by atoms with Crippen LogP contribution in [-0.4, -0.2) is 20.3 Å². The molecule has 0 unspecified atom stereocenters. The second-order valence-electron chi connectivity index (χ2n) is 6.87. The van der Waals surface area contributed by atoms with E-state index in [9.17, 15) is 9.18 Å². The summed E-state index contributed by atoms with van der Waals surface area (Å²) >= 11 is 0. The molecule has 4 aromatic rings. The molecule has 0 aliphatic heterocycles. The van der Waals surface area contributed by atoms with E-state index in [-0.39, 0.29) is 17.8 Å². The van der Waals surface area contributed by atoms with Crippen LogP contribution in [-0.2, 0) is 0 Å². The number of aromatic nitrogens is 3. The minimum Gasteiger partial charge on any atom is -0.345 e. The molecular weight excluding hydrogens is 367 g/mol. The minimum absolute atomic E-state index is 0.158. The molecule has 0 saturated heterocycles. The van der Waals surface area contributed by atoms with Gasteiger partial charge in [-0.15, -0.1) is 0 Å². The van der Waals surface area contributed by atoms with Crippen LogP contribution < -0.4 is 5.32 Å². The summed E-state index contributed by atoms with van der Waals surface area (Å²) in [6, 6.07) is 19.4. The van der Waals surface area contributed by atoms with Gasteiger partial charge in [-0.25, -0.2) is 9.07 Å². The number of benzene rings is 2. The van der Waals surface area contributed by atoms with Crippen LogP contribution in [0.4, 0.5) is 4.39 Å². The molecule has 0 aliphatic carbocycles. The molecule has 5 nitrogen and oxygen atoms in total. The Bertz CT molecular complexity index is 1120. The Balaban J connectivity index is 1.77. The van der Waals surface area contributed by atoms with E-state index in [0.717, 1.165) is 5.56 Å². The van der Waals surface area contributed by atoms with Crippen molar-refractivity contribution in [1.82, 2.24) is 19.7 Å². The smallest absolute Gasteiger partial charge is 0.257 e. The predicted molar refractivity (Wildman–Crippen MR) is 110 cm³/mol. The molecule has 0 aliphatic rings. The highest BCUT2D eigenvalue weighted by molar-refractivity contribution is 5.99. The van der Waals surface area contributed by atoms with Gasteiger partial charge in [-0.05, 0) is 55.8 Å². The van der Waals surface area contributed by atoms with E-state index in [1.165, 1.54) is 12.1 Å². The number of aryl methyl sites for hydroxylation is 1. The maximum absolute atomic E-state index is 13.4. The number of carbonyl (C=O) groups excluding carboxylic acids is 1. The first-order valence-corrected chi connectivity index (χ1v) is 9.39. The molecule has 1 atom stereocenters. The van der Waals surface area contributed by atoms with Crippen LogP contribution in [0.25, 0.3) is 11.5 Å². The van der Waals surface area contributed by atoms with Crippen molar-refractivity contribution in [2.45, 2.75) is 19.9 Å². The average molecular weight is 388 g/mol. The van der Waals surface area contributed by atoms with Crippen molar-refractivity contribution in [3.05, 3.63) is 102 Å². The summed E-state index contributed by atoms with van der Waals surface area (Å²) in [6.07, 6.45) is 3.71. The predicted octanol–water partition coefficient (Wildman–Crippen LogP) is 4.60. The normalized spacial score (nSPS) is 12.0. The van der Waals surface area contributed by atoms with Gasteiger partial charge < -0.3 is 9.88 Å². The summed E-state index contributed by atoms with van der Waals surface area (Å²) < 4.78 is 16.9. The van der Waals surface area contributed by atoms with Gasteiger partial charge in [0.2, 0.25) is 0 Å². The number of nitrogens with zero attached hydrogens (tertiary/aromatic N) is 3. The Hall–Kier alpha value is -3.67. The molecule has 0 bridgehead atoms. The molecule has 4 rings (SSSR count). The van der Waals surface area contributed by atoms with Crippen LogP contribution in [0, 0.1) is 12.7 Å². The fourth-order valence-electron chi connectivity index (χ4n) is 3.35. The molecule has 0 saturated carbocycles. The van der Waals surface area contributed by atoms with Gasteiger partial charge in [0, 0.05) is 12.4 Å². The van der Waals surface area contributed by atoms with Crippen molar-refractivity contribution in [2.24, 2.45) is 0 Å². The lowest BCUT2D eigenvalue weighted by atomic mass is 10.1. The Morgan fingerprint density at radius 2 is 1.66 bits per heavy atom. The van der Waals surface area contributed by atoms with Gasteiger partial charge in [0.05, 0.1) is 17.4 Å². The monoisotopic (exact) mass is 388 g/mol. The summed E-state index contributed by atoms with van der Waals surface area (Å²) in [5.74, 6) is 0.0718. The number of carbonyl (C=O) groups is 1. The first-order chi connectivity index (χ1) is 14.0. The van der Waals surface area contributed by atoms with Gasteiger partial charge in [0.15, 0.2) is 5.82 Å². The Kier molecular flexibility index (Phi) is 4.99. The lowest BCUT2D eigenvalue weighted by molar-refractivity contribution is 0.0939. The molecule has 0 radical (unpaired) electrons. The quantitative estimate of drug-likeness (QED) is 0.543. The van der Waals surface area contributed by atoms with Crippen LogP contribution in [0.15, 0.2) is 79.1 Å². The fourth-order valence-corrected chi connectivity index (χ4v) is 3.35. The van der Waals surface area contributed by atoms with E-state index in [2.05, 4.69) is 10.4 Å². The third kappa shape index (κ3) is 3.69. The second kappa shape index (κ2) is 7.75. The number of amides is 1. The van der Waals surface area contributed by atoms with Crippen molar-refractivity contribution in [3.63, 3.8) is 0 Å². The maximum atomic E-state index is 13.4. The summed E-state index contributed by atoms with van der Waals surface area (Å²) in [5.41, 5.74) is 2.77. The standard InChI is InChI=1S/C23H21FN4O/c1-16(18-8-4-3-5-9-18)25-22(29)21-17(2)26-28(20-12-10-19(24)11-13-20)23(21)27-14-6-7-15-27/h3-16H,1-2H3,(H,25,29)/t16-/m0/s1.